The number of phenols is 1. The zero-order valence-corrected chi connectivity index (χ0v) is 49.7. The number of likely N-dealkylation sites (tertiary alicyclic amines) is 1. The van der Waals surface area contributed by atoms with Crippen LogP contribution in [0, 0.1) is 11.8 Å². The number of carbonyl (C=O) groups excluding carboxylic acids is 11. The summed E-state index contributed by atoms with van der Waals surface area (Å²) in [5.74, 6) is -9.69. The average molecular weight is 1230 g/mol. The van der Waals surface area contributed by atoms with Crippen LogP contribution in [0.5, 0.6) is 5.75 Å². The third kappa shape index (κ3) is 20.9. The number of alkyl halides is 1. The summed E-state index contributed by atoms with van der Waals surface area (Å²) >= 11 is 0. The molecule has 29 heteroatoms. The van der Waals surface area contributed by atoms with E-state index in [1.165, 1.54) is 31.3 Å². The normalized spacial score (nSPS) is 18.8. The number of aromatic nitrogens is 1. The number of nitrogens with one attached hydrogen (secondary N) is 10. The van der Waals surface area contributed by atoms with Crippen LogP contribution in [-0.2, 0) is 65.6 Å². The second kappa shape index (κ2) is 32.7. The first kappa shape index (κ1) is 68.2. The fraction of sp³-hybridized carbons (Fsp3) is 0.559. The van der Waals surface area contributed by atoms with E-state index in [1.807, 2.05) is 24.3 Å². The Labute approximate surface area is 508 Å². The van der Waals surface area contributed by atoms with E-state index < -0.39 is 152 Å². The molecule has 0 bridgehead atoms. The van der Waals surface area contributed by atoms with Gasteiger partial charge in [0.05, 0.1) is 25.6 Å². The maximum absolute atomic E-state index is 15.1. The van der Waals surface area contributed by atoms with Crippen LogP contribution in [0.4, 0.5) is 4.39 Å². The number of amides is 11. The number of carbonyl (C=O) groups is 11. The van der Waals surface area contributed by atoms with E-state index in [1.54, 1.807) is 6.20 Å². The maximum atomic E-state index is 15.1. The molecular formula is C59H84FN15O13. The van der Waals surface area contributed by atoms with Crippen molar-refractivity contribution in [3.05, 3.63) is 65.9 Å². The number of aromatic amines is 1. The second-order valence-corrected chi connectivity index (χ2v) is 23.0. The molecule has 28 nitrogen and oxygen atoms in total. The van der Waals surface area contributed by atoms with Crippen molar-refractivity contribution in [3.8, 4) is 5.75 Å². The molecule has 10 atom stereocenters. The lowest BCUT2D eigenvalue weighted by Gasteiger charge is -2.30. The Morgan fingerprint density at radius 1 is 0.705 bits per heavy atom. The highest BCUT2D eigenvalue weighted by atomic mass is 19.1. The molecule has 3 aromatic rings. The van der Waals surface area contributed by atoms with Gasteiger partial charge in [0.2, 0.25) is 65.0 Å². The van der Waals surface area contributed by atoms with E-state index in [-0.39, 0.29) is 62.2 Å². The van der Waals surface area contributed by atoms with Gasteiger partial charge in [-0.1, -0.05) is 75.3 Å². The number of nitrogens with zero attached hydrogens (tertiary/aromatic N) is 2. The molecule has 6 rings (SSSR count). The summed E-state index contributed by atoms with van der Waals surface area (Å²) in [6.45, 7) is 1.33. The number of aliphatic hydroxyl groups excluding tert-OH is 1. The van der Waals surface area contributed by atoms with E-state index in [2.05, 4.69) is 57.8 Å². The van der Waals surface area contributed by atoms with Crippen LogP contribution in [0.1, 0.15) is 108 Å². The van der Waals surface area contributed by atoms with Gasteiger partial charge in [0.25, 0.3) is 0 Å². The molecule has 0 radical (unpaired) electrons. The van der Waals surface area contributed by atoms with Crippen molar-refractivity contribution < 1.29 is 67.3 Å². The summed E-state index contributed by atoms with van der Waals surface area (Å²) in [7, 11) is 1.49. The van der Waals surface area contributed by atoms with Gasteiger partial charge in [-0.15, -0.1) is 0 Å². The first-order valence-corrected chi connectivity index (χ1v) is 29.7. The Kier molecular flexibility index (Phi) is 25.4. The molecule has 2 heterocycles. The van der Waals surface area contributed by atoms with Gasteiger partial charge >= 0.3 is 0 Å². The molecule has 0 unspecified atom stereocenters. The highest BCUT2D eigenvalue weighted by molar-refractivity contribution is 5.99. The SMILES string of the molecule is CN=C(N)NCCC[C@H](NC(=O)[C@H](CC1CC1)NC(=O)CNC(=O)[C@H](CC1CCCCC1)NC(=O)[C@@H](NC(=O)[C@H](CC(N)=O)NC(=O)[C@@H]1C[C@@H](F)CN1C(=O)[C@@H](Cc1ccc(O)cc1)NC(C)=O)[C@@H](C)O)C(=O)N[C@@H](Cc1c[nH]c2ccccc12)C(N)=O. The number of aliphatic imine (C=N–C) groups is 1. The number of primary amides is 2. The molecule has 11 amide bonds. The molecule has 2 saturated carbocycles. The van der Waals surface area contributed by atoms with Crippen molar-refractivity contribution >= 4 is 81.8 Å². The lowest BCUT2D eigenvalue weighted by Crippen LogP contribution is -2.61. The van der Waals surface area contributed by atoms with Gasteiger partial charge in [0, 0.05) is 56.9 Å². The van der Waals surface area contributed by atoms with Gasteiger partial charge in [0.1, 0.15) is 60.3 Å². The largest absolute Gasteiger partial charge is 0.508 e. The fourth-order valence-corrected chi connectivity index (χ4v) is 11.0. The number of hydrogen-bond acceptors (Lipinski definition) is 14. The Balaban J connectivity index is 1.11. The third-order valence-corrected chi connectivity index (χ3v) is 15.9. The molecule has 2 aromatic carbocycles. The predicted octanol–water partition coefficient (Wildman–Crippen LogP) is -2.05. The summed E-state index contributed by atoms with van der Waals surface area (Å²) in [5.41, 5.74) is 19.1. The zero-order valence-electron chi connectivity index (χ0n) is 49.7. The fourth-order valence-electron chi connectivity index (χ4n) is 11.0. The number of para-hydroxylation sites is 1. The molecule has 88 heavy (non-hydrogen) atoms. The summed E-state index contributed by atoms with van der Waals surface area (Å²) in [5, 5.41) is 44.8. The summed E-state index contributed by atoms with van der Waals surface area (Å²) < 4.78 is 15.1. The molecular weight excluding hydrogens is 1150 g/mol. The Hall–Kier alpha value is -8.89. The van der Waals surface area contributed by atoms with E-state index in [9.17, 15) is 63.0 Å². The molecule has 1 aromatic heterocycles. The molecule has 18 N–H and O–H groups in total. The number of H-pyrrole nitrogens is 1. The van der Waals surface area contributed by atoms with Crippen LogP contribution in [-0.4, -0.2) is 178 Å². The lowest BCUT2D eigenvalue weighted by molar-refractivity contribution is -0.142. The molecule has 1 aliphatic heterocycles. The minimum absolute atomic E-state index is 0.0410. The summed E-state index contributed by atoms with van der Waals surface area (Å²) in [6.07, 6.45) is 3.05. The molecule has 3 aliphatic rings. The van der Waals surface area contributed by atoms with Crippen LogP contribution in [0.15, 0.2) is 59.7 Å². The lowest BCUT2D eigenvalue weighted by atomic mass is 9.84. The third-order valence-electron chi connectivity index (χ3n) is 15.9. The highest BCUT2D eigenvalue weighted by Gasteiger charge is 2.44. The number of halogens is 1. The maximum Gasteiger partial charge on any atom is 0.246 e. The Bertz CT molecular complexity index is 3010. The topological polar surface area (TPSA) is 446 Å². The Morgan fingerprint density at radius 3 is 1.97 bits per heavy atom. The van der Waals surface area contributed by atoms with Crippen molar-refractivity contribution in [3.63, 3.8) is 0 Å². The van der Waals surface area contributed by atoms with Gasteiger partial charge in [-0.05, 0) is 73.8 Å². The number of aromatic hydroxyl groups is 1. The molecule has 480 valence electrons. The van der Waals surface area contributed by atoms with E-state index in [4.69, 9.17) is 17.2 Å². The Morgan fingerprint density at radius 2 is 1.33 bits per heavy atom. The van der Waals surface area contributed by atoms with E-state index >= 15 is 4.39 Å². The highest BCUT2D eigenvalue weighted by Crippen LogP contribution is 2.34. The van der Waals surface area contributed by atoms with Gasteiger partial charge in [-0.25, -0.2) is 4.39 Å². The number of aliphatic hydroxyl groups is 1. The molecule has 3 fully saturated rings. The quantitative estimate of drug-likeness (QED) is 0.0182. The van der Waals surface area contributed by atoms with E-state index in [0.717, 1.165) is 67.3 Å². The van der Waals surface area contributed by atoms with Crippen LogP contribution < -0.4 is 65.1 Å². The summed E-state index contributed by atoms with van der Waals surface area (Å²) in [6, 6.07) is 1.68. The van der Waals surface area contributed by atoms with Gasteiger partial charge < -0.3 is 85.1 Å². The molecule has 0 spiro atoms. The van der Waals surface area contributed by atoms with Crippen molar-refractivity contribution in [2.24, 2.45) is 34.0 Å². The number of rotatable bonds is 32. The number of guanidine groups is 1. The van der Waals surface area contributed by atoms with Crippen molar-refractivity contribution in [1.82, 2.24) is 57.7 Å². The van der Waals surface area contributed by atoms with Gasteiger partial charge in [0.15, 0.2) is 5.96 Å². The minimum atomic E-state index is -1.84. The van der Waals surface area contributed by atoms with Crippen LogP contribution in [0.3, 0.4) is 0 Å². The standard InChI is InChI=1S/C59H84FN15O13/c1-31(76)50(74-55(85)45(27-48(61)79)72-56(86)47-26-37(60)30-75(47)58(88)46(68-32(2)77)24-35-17-19-38(78)20-18-35)57(87)73-43(22-33-10-5-4-6-11-33)52(82)67-29-49(80)69-44(23-34-15-16-34)54(84)70-41(14-9-21-65-59(63)64-3)53(83)71-42(51(62)81)25-36-28-66-40-13-8-7-12-39(36)40/h7-8,12-13,17-20,28,31,33-34,37,41-47,50,66,76,78H,4-6,9-11,14-16,21-27,29-30H2,1-3H3,(H2,61,79)(H2,62,81)(H,67,82)(H,68,77)(H,69,80)(H,70,84)(H,71,83)(H,72,86)(H,73,87)(H,74,85)(H3,63,64,65)/t31-,37-,41+,42+,43+,44+,45+,46-,47+,50+/m1/s1. The zero-order chi connectivity index (χ0) is 64.2. The predicted molar refractivity (Wildman–Crippen MR) is 319 cm³/mol. The second-order valence-electron chi connectivity index (χ2n) is 23.0. The van der Waals surface area contributed by atoms with Crippen molar-refractivity contribution in [1.29, 1.82) is 0 Å². The van der Waals surface area contributed by atoms with Gasteiger partial charge in [-0.3, -0.25) is 57.7 Å². The van der Waals surface area contributed by atoms with Crippen LogP contribution >= 0.6 is 0 Å². The van der Waals surface area contributed by atoms with Crippen molar-refractivity contribution in [2.75, 3.05) is 26.7 Å². The average Bonchev–Trinajstić information content (AvgIpc) is 2.49. The first-order chi connectivity index (χ1) is 41.9. The summed E-state index contributed by atoms with van der Waals surface area (Å²) in [4.78, 5) is 157. The molecule has 2 aliphatic carbocycles. The first-order valence-electron chi connectivity index (χ1n) is 29.7. The number of phenolic OH excluding ortho intramolecular Hbond substituents is 1. The van der Waals surface area contributed by atoms with Crippen molar-refractivity contribution in [2.45, 2.75) is 171 Å². The number of hydrogen-bond donors (Lipinski definition) is 15. The minimum Gasteiger partial charge on any atom is -0.508 e. The van der Waals surface area contributed by atoms with Crippen LogP contribution in [0.25, 0.3) is 10.9 Å². The smallest absolute Gasteiger partial charge is 0.246 e. The van der Waals surface area contributed by atoms with Gasteiger partial charge in [-0.2, -0.15) is 0 Å². The monoisotopic (exact) mass is 1230 g/mol. The van der Waals surface area contributed by atoms with E-state index in [0.29, 0.717) is 24.8 Å². The molecule has 1 saturated heterocycles. The number of nitrogens with two attached hydrogens (primary N) is 3. The van der Waals surface area contributed by atoms with Crippen LogP contribution in [0.2, 0.25) is 0 Å². The number of fused-ring (bicyclic) bond motifs is 1. The number of benzene rings is 2.